The van der Waals surface area contributed by atoms with Gasteiger partial charge in [-0.05, 0) is 30.5 Å². The standard InChI is InChI=1S/C12H12ClN3O2/c13-11-8(15-12(14)16-11)3-1-7-2-4-9-10(5-7)18-6-17-9/h2,4-5H,1,3,6H2,(H3,14,15,16). The lowest BCUT2D eigenvalue weighted by Gasteiger charge is -2.02. The summed E-state index contributed by atoms with van der Waals surface area (Å²) in [6, 6.07) is 5.91. The molecule has 0 unspecified atom stereocenters. The number of hydrogen-bond donors (Lipinski definition) is 2. The van der Waals surface area contributed by atoms with E-state index in [0.717, 1.165) is 35.6 Å². The Morgan fingerprint density at radius 2 is 2.11 bits per heavy atom. The van der Waals surface area contributed by atoms with Crippen LogP contribution in [0.15, 0.2) is 18.2 Å². The van der Waals surface area contributed by atoms with E-state index in [9.17, 15) is 0 Å². The molecule has 0 aliphatic carbocycles. The third-order valence-corrected chi connectivity index (χ3v) is 3.16. The van der Waals surface area contributed by atoms with Crippen LogP contribution in [0.4, 0.5) is 5.95 Å². The zero-order chi connectivity index (χ0) is 12.5. The molecule has 3 N–H and O–H groups in total. The molecule has 94 valence electrons. The first-order valence-electron chi connectivity index (χ1n) is 5.61. The van der Waals surface area contributed by atoms with Crippen LogP contribution >= 0.6 is 11.6 Å². The molecule has 1 aliphatic heterocycles. The van der Waals surface area contributed by atoms with Crippen LogP contribution in [-0.2, 0) is 12.8 Å². The van der Waals surface area contributed by atoms with E-state index in [1.165, 1.54) is 0 Å². The van der Waals surface area contributed by atoms with Crippen molar-refractivity contribution in [2.24, 2.45) is 0 Å². The fourth-order valence-corrected chi connectivity index (χ4v) is 2.17. The molecular formula is C12H12ClN3O2. The SMILES string of the molecule is Nc1nc(Cl)c(CCc2ccc3c(c2)OCO3)[nH]1. The molecule has 5 nitrogen and oxygen atoms in total. The molecule has 18 heavy (non-hydrogen) atoms. The van der Waals surface area contributed by atoms with Gasteiger partial charge < -0.3 is 20.2 Å². The van der Waals surface area contributed by atoms with E-state index in [0.29, 0.717) is 17.9 Å². The van der Waals surface area contributed by atoms with Crippen LogP contribution in [0.25, 0.3) is 0 Å². The molecule has 0 amide bonds. The summed E-state index contributed by atoms with van der Waals surface area (Å²) < 4.78 is 10.6. The maximum atomic E-state index is 5.94. The van der Waals surface area contributed by atoms with Crippen LogP contribution in [0, 0.1) is 0 Å². The normalized spacial score (nSPS) is 12.9. The highest BCUT2D eigenvalue weighted by Crippen LogP contribution is 2.32. The van der Waals surface area contributed by atoms with Crippen LogP contribution in [0.2, 0.25) is 5.15 Å². The van der Waals surface area contributed by atoms with Crippen LogP contribution in [0.3, 0.4) is 0 Å². The van der Waals surface area contributed by atoms with Crippen molar-refractivity contribution in [2.75, 3.05) is 12.5 Å². The molecule has 2 aromatic rings. The highest BCUT2D eigenvalue weighted by atomic mass is 35.5. The van der Waals surface area contributed by atoms with Crippen LogP contribution in [0.5, 0.6) is 11.5 Å². The molecule has 1 aromatic heterocycles. The minimum Gasteiger partial charge on any atom is -0.454 e. The molecule has 0 atom stereocenters. The van der Waals surface area contributed by atoms with E-state index in [4.69, 9.17) is 26.8 Å². The molecule has 0 fully saturated rings. The number of fused-ring (bicyclic) bond motifs is 1. The van der Waals surface area contributed by atoms with Crippen LogP contribution in [0.1, 0.15) is 11.3 Å². The first-order valence-corrected chi connectivity index (χ1v) is 5.98. The van der Waals surface area contributed by atoms with Gasteiger partial charge in [-0.15, -0.1) is 0 Å². The zero-order valence-electron chi connectivity index (χ0n) is 9.57. The molecule has 1 aliphatic rings. The van der Waals surface area contributed by atoms with E-state index in [1.807, 2.05) is 18.2 Å². The van der Waals surface area contributed by atoms with E-state index < -0.39 is 0 Å². The van der Waals surface area contributed by atoms with Gasteiger partial charge in [-0.3, -0.25) is 0 Å². The lowest BCUT2D eigenvalue weighted by atomic mass is 10.1. The molecule has 3 rings (SSSR count). The van der Waals surface area contributed by atoms with E-state index in [2.05, 4.69) is 9.97 Å². The van der Waals surface area contributed by atoms with Crippen LogP contribution < -0.4 is 15.2 Å². The number of nitrogens with two attached hydrogens (primary N) is 1. The summed E-state index contributed by atoms with van der Waals surface area (Å²) in [5.41, 5.74) is 7.54. The van der Waals surface area contributed by atoms with Gasteiger partial charge in [0.1, 0.15) is 0 Å². The Morgan fingerprint density at radius 1 is 1.28 bits per heavy atom. The summed E-state index contributed by atoms with van der Waals surface area (Å²) >= 11 is 5.94. The van der Waals surface area contributed by atoms with Crippen molar-refractivity contribution in [1.29, 1.82) is 0 Å². The number of aryl methyl sites for hydroxylation is 2. The number of benzene rings is 1. The Kier molecular flexibility index (Phi) is 2.76. The van der Waals surface area contributed by atoms with E-state index in [1.54, 1.807) is 0 Å². The second-order valence-corrected chi connectivity index (χ2v) is 4.44. The predicted molar refractivity (Wildman–Crippen MR) is 68.0 cm³/mol. The molecule has 0 saturated heterocycles. The molecule has 0 radical (unpaired) electrons. The van der Waals surface area contributed by atoms with Crippen LogP contribution in [-0.4, -0.2) is 16.8 Å². The number of H-pyrrole nitrogens is 1. The number of imidazole rings is 1. The Morgan fingerprint density at radius 3 is 2.89 bits per heavy atom. The third-order valence-electron chi connectivity index (χ3n) is 2.85. The maximum absolute atomic E-state index is 5.94. The number of aromatic nitrogens is 2. The minimum absolute atomic E-state index is 0.293. The van der Waals surface area contributed by atoms with Gasteiger partial charge in [0.25, 0.3) is 0 Å². The highest BCUT2D eigenvalue weighted by molar-refractivity contribution is 6.30. The van der Waals surface area contributed by atoms with Gasteiger partial charge in [-0.1, -0.05) is 17.7 Å². The zero-order valence-corrected chi connectivity index (χ0v) is 10.3. The number of nitrogens with one attached hydrogen (secondary N) is 1. The summed E-state index contributed by atoms with van der Waals surface area (Å²) in [5.74, 6) is 1.94. The number of nitrogens with zero attached hydrogens (tertiary/aromatic N) is 1. The monoisotopic (exact) mass is 265 g/mol. The average Bonchev–Trinajstić information content (AvgIpc) is 2.92. The van der Waals surface area contributed by atoms with E-state index >= 15 is 0 Å². The summed E-state index contributed by atoms with van der Waals surface area (Å²) in [5, 5.41) is 0.438. The number of rotatable bonds is 3. The van der Waals surface area contributed by atoms with Gasteiger partial charge in [0.2, 0.25) is 6.79 Å². The summed E-state index contributed by atoms with van der Waals surface area (Å²) in [4.78, 5) is 6.87. The van der Waals surface area contributed by atoms with Crippen molar-refractivity contribution >= 4 is 17.5 Å². The van der Waals surface area contributed by atoms with Gasteiger partial charge in [-0.25, -0.2) is 4.98 Å². The maximum Gasteiger partial charge on any atom is 0.231 e. The van der Waals surface area contributed by atoms with Crippen molar-refractivity contribution < 1.29 is 9.47 Å². The predicted octanol–water partition coefficient (Wildman–Crippen LogP) is 2.16. The van der Waals surface area contributed by atoms with Crippen molar-refractivity contribution in [3.8, 4) is 11.5 Å². The molecule has 6 heteroatoms. The van der Waals surface area contributed by atoms with Gasteiger partial charge in [0, 0.05) is 0 Å². The molecule has 1 aromatic carbocycles. The summed E-state index contributed by atoms with van der Waals surface area (Å²) in [6.07, 6.45) is 1.58. The quantitative estimate of drug-likeness (QED) is 0.892. The van der Waals surface area contributed by atoms with Gasteiger partial charge >= 0.3 is 0 Å². The molecule has 0 spiro atoms. The first kappa shape index (κ1) is 11.2. The summed E-state index contributed by atoms with van der Waals surface area (Å²) in [7, 11) is 0. The lowest BCUT2D eigenvalue weighted by molar-refractivity contribution is 0.174. The Labute approximate surface area is 109 Å². The molecule has 0 saturated carbocycles. The largest absolute Gasteiger partial charge is 0.454 e. The Bertz CT molecular complexity index is 583. The number of aromatic amines is 1. The number of ether oxygens (including phenoxy) is 2. The number of anilines is 1. The van der Waals surface area contributed by atoms with Crippen molar-refractivity contribution in [3.63, 3.8) is 0 Å². The second kappa shape index (κ2) is 4.42. The molecular weight excluding hydrogens is 254 g/mol. The minimum atomic E-state index is 0.293. The Hall–Kier alpha value is -1.88. The van der Waals surface area contributed by atoms with Gasteiger partial charge in [-0.2, -0.15) is 0 Å². The topological polar surface area (TPSA) is 73.2 Å². The third kappa shape index (κ3) is 2.09. The van der Waals surface area contributed by atoms with Crippen molar-refractivity contribution in [2.45, 2.75) is 12.8 Å². The first-order chi connectivity index (χ1) is 8.72. The fourth-order valence-electron chi connectivity index (χ4n) is 1.94. The molecule has 0 bridgehead atoms. The van der Waals surface area contributed by atoms with Crippen molar-refractivity contribution in [3.05, 3.63) is 34.6 Å². The van der Waals surface area contributed by atoms with Gasteiger partial charge in [0.05, 0.1) is 5.69 Å². The number of nitrogen functional groups attached to an aromatic ring is 1. The average molecular weight is 266 g/mol. The molecule has 2 heterocycles. The Balaban J connectivity index is 1.72. The highest BCUT2D eigenvalue weighted by Gasteiger charge is 2.13. The number of hydrogen-bond acceptors (Lipinski definition) is 4. The second-order valence-electron chi connectivity index (χ2n) is 4.08. The lowest BCUT2D eigenvalue weighted by Crippen LogP contribution is -1.94. The number of halogens is 1. The van der Waals surface area contributed by atoms with Crippen molar-refractivity contribution in [1.82, 2.24) is 9.97 Å². The van der Waals surface area contributed by atoms with E-state index in [-0.39, 0.29) is 0 Å². The fraction of sp³-hybridized carbons (Fsp3) is 0.250. The van der Waals surface area contributed by atoms with Gasteiger partial charge in [0.15, 0.2) is 22.6 Å². The summed E-state index contributed by atoms with van der Waals surface area (Å²) in [6.45, 7) is 0.293. The smallest absolute Gasteiger partial charge is 0.231 e.